The molecule has 0 atom stereocenters. The van der Waals surface area contributed by atoms with Gasteiger partial charge in [0.25, 0.3) is 5.56 Å². The zero-order valence-corrected chi connectivity index (χ0v) is 10.5. The molecular weight excluding hydrogens is 265 g/mol. The molecule has 20 heavy (non-hydrogen) atoms. The molecule has 102 valence electrons. The maximum absolute atomic E-state index is 13.2. The maximum atomic E-state index is 13.2. The number of benzene rings is 1. The van der Waals surface area contributed by atoms with E-state index in [1.807, 2.05) is 0 Å². The van der Waals surface area contributed by atoms with E-state index in [9.17, 15) is 14.0 Å². The van der Waals surface area contributed by atoms with Crippen LogP contribution in [0.25, 0.3) is 16.4 Å². The summed E-state index contributed by atoms with van der Waals surface area (Å²) in [4.78, 5) is 26.3. The predicted molar refractivity (Wildman–Crippen MR) is 70.7 cm³/mol. The molecule has 2 heterocycles. The van der Waals surface area contributed by atoms with Crippen LogP contribution in [-0.2, 0) is 0 Å². The average Bonchev–Trinajstić information content (AvgIpc) is 2.41. The number of rotatable bonds is 2. The van der Waals surface area contributed by atoms with Gasteiger partial charge >= 0.3 is 6.01 Å². The molecule has 0 unspecified atom stereocenters. The van der Waals surface area contributed by atoms with Gasteiger partial charge in [-0.1, -0.05) is 0 Å². The van der Waals surface area contributed by atoms with Gasteiger partial charge < -0.3 is 4.74 Å². The summed E-state index contributed by atoms with van der Waals surface area (Å²) in [6, 6.07) is 4.90. The van der Waals surface area contributed by atoms with Crippen LogP contribution in [0.4, 0.5) is 4.39 Å². The number of pyridine rings is 1. The summed E-state index contributed by atoms with van der Waals surface area (Å²) < 4.78 is 19.7. The first-order chi connectivity index (χ1) is 9.60. The molecule has 0 bridgehead atoms. The van der Waals surface area contributed by atoms with Gasteiger partial charge in [0, 0.05) is 6.07 Å². The van der Waals surface area contributed by atoms with Crippen molar-refractivity contribution in [2.45, 2.75) is 6.92 Å². The van der Waals surface area contributed by atoms with E-state index in [0.717, 1.165) is 12.1 Å². The molecule has 1 aromatic carbocycles. The first-order valence-electron chi connectivity index (χ1n) is 5.98. The number of aromatic amines is 1. The van der Waals surface area contributed by atoms with Crippen molar-refractivity contribution < 1.29 is 9.13 Å². The van der Waals surface area contributed by atoms with Gasteiger partial charge in [-0.15, -0.1) is 5.10 Å². The molecule has 0 saturated heterocycles. The van der Waals surface area contributed by atoms with Gasteiger partial charge in [-0.3, -0.25) is 14.6 Å². The SMILES string of the molecule is CCOc1nn2c(cc(=O)c3cc(F)ccc32)c(=O)[nH]1. The summed E-state index contributed by atoms with van der Waals surface area (Å²) in [7, 11) is 0. The highest BCUT2D eigenvalue weighted by Gasteiger charge is 2.10. The number of H-pyrrole nitrogens is 1. The second-order valence-corrected chi connectivity index (χ2v) is 4.16. The summed E-state index contributed by atoms with van der Waals surface area (Å²) >= 11 is 0. The second kappa shape index (κ2) is 4.44. The van der Waals surface area contributed by atoms with Crippen LogP contribution in [-0.4, -0.2) is 21.2 Å². The zero-order chi connectivity index (χ0) is 14.3. The summed E-state index contributed by atoms with van der Waals surface area (Å²) in [5.74, 6) is -0.524. The molecule has 0 saturated carbocycles. The molecule has 0 spiro atoms. The molecule has 1 N–H and O–H groups in total. The van der Waals surface area contributed by atoms with Gasteiger partial charge in [0.1, 0.15) is 11.3 Å². The molecule has 0 aliphatic heterocycles. The molecule has 0 aliphatic rings. The van der Waals surface area contributed by atoms with Crippen LogP contribution in [0.15, 0.2) is 33.9 Å². The fraction of sp³-hybridized carbons (Fsp3) is 0.154. The van der Waals surface area contributed by atoms with E-state index in [1.54, 1.807) is 6.92 Å². The van der Waals surface area contributed by atoms with Crippen LogP contribution in [0.1, 0.15) is 6.92 Å². The van der Waals surface area contributed by atoms with Crippen molar-refractivity contribution in [1.82, 2.24) is 14.6 Å². The van der Waals surface area contributed by atoms with Crippen molar-refractivity contribution in [2.24, 2.45) is 0 Å². The van der Waals surface area contributed by atoms with E-state index in [-0.39, 0.29) is 16.9 Å². The van der Waals surface area contributed by atoms with E-state index in [2.05, 4.69) is 10.1 Å². The quantitative estimate of drug-likeness (QED) is 0.710. The monoisotopic (exact) mass is 275 g/mol. The Morgan fingerprint density at radius 3 is 2.85 bits per heavy atom. The normalized spacial score (nSPS) is 11.1. The fourth-order valence-electron chi connectivity index (χ4n) is 2.03. The number of fused-ring (bicyclic) bond motifs is 3. The summed E-state index contributed by atoms with van der Waals surface area (Å²) in [5.41, 5.74) is -0.499. The van der Waals surface area contributed by atoms with Crippen molar-refractivity contribution in [3.8, 4) is 6.01 Å². The minimum absolute atomic E-state index is 0.0410. The third-order valence-corrected chi connectivity index (χ3v) is 2.87. The number of aromatic nitrogens is 3. The lowest BCUT2D eigenvalue weighted by Crippen LogP contribution is -2.19. The molecule has 3 rings (SSSR count). The highest BCUT2D eigenvalue weighted by molar-refractivity contribution is 5.81. The van der Waals surface area contributed by atoms with Crippen molar-refractivity contribution in [2.75, 3.05) is 6.61 Å². The first kappa shape index (κ1) is 12.3. The van der Waals surface area contributed by atoms with Gasteiger partial charge in [-0.2, -0.15) is 0 Å². The molecular formula is C13H10FN3O3. The van der Waals surface area contributed by atoms with E-state index in [4.69, 9.17) is 4.74 Å². The van der Waals surface area contributed by atoms with Crippen LogP contribution in [0.2, 0.25) is 0 Å². The fourth-order valence-corrected chi connectivity index (χ4v) is 2.03. The van der Waals surface area contributed by atoms with Crippen LogP contribution in [0.5, 0.6) is 6.01 Å². The molecule has 0 amide bonds. The minimum atomic E-state index is -0.524. The molecule has 0 aliphatic carbocycles. The Hall–Kier alpha value is -2.70. The smallest absolute Gasteiger partial charge is 0.314 e. The van der Waals surface area contributed by atoms with Crippen LogP contribution >= 0.6 is 0 Å². The Morgan fingerprint density at radius 2 is 2.10 bits per heavy atom. The Balaban J connectivity index is 2.51. The summed E-state index contributed by atoms with van der Waals surface area (Å²) in [6.45, 7) is 2.09. The van der Waals surface area contributed by atoms with Gasteiger partial charge in [-0.25, -0.2) is 8.91 Å². The number of halogens is 1. The number of hydrogen-bond acceptors (Lipinski definition) is 4. The van der Waals surface area contributed by atoms with Gasteiger partial charge in [0.05, 0.1) is 17.5 Å². The topological polar surface area (TPSA) is 76.5 Å². The third kappa shape index (κ3) is 1.83. The van der Waals surface area contributed by atoms with Crippen LogP contribution in [0.3, 0.4) is 0 Å². The second-order valence-electron chi connectivity index (χ2n) is 4.16. The van der Waals surface area contributed by atoms with Gasteiger partial charge in [0.2, 0.25) is 0 Å². The van der Waals surface area contributed by atoms with E-state index >= 15 is 0 Å². The van der Waals surface area contributed by atoms with E-state index in [0.29, 0.717) is 12.1 Å². The van der Waals surface area contributed by atoms with Crippen molar-refractivity contribution in [3.05, 3.63) is 50.7 Å². The zero-order valence-electron chi connectivity index (χ0n) is 10.5. The summed E-state index contributed by atoms with van der Waals surface area (Å²) in [5, 5.41) is 4.26. The average molecular weight is 275 g/mol. The van der Waals surface area contributed by atoms with Crippen molar-refractivity contribution >= 4 is 16.4 Å². The Kier molecular flexibility index (Phi) is 2.74. The lowest BCUT2D eigenvalue weighted by atomic mass is 10.2. The third-order valence-electron chi connectivity index (χ3n) is 2.87. The van der Waals surface area contributed by atoms with Crippen molar-refractivity contribution in [1.29, 1.82) is 0 Å². The Labute approximate surface area is 111 Å². The number of nitrogens with zero attached hydrogens (tertiary/aromatic N) is 2. The molecule has 2 aromatic heterocycles. The minimum Gasteiger partial charge on any atom is -0.464 e. The Bertz CT molecular complexity index is 930. The molecule has 7 heteroatoms. The largest absolute Gasteiger partial charge is 0.464 e. The standard InChI is InChI=1S/C13H10FN3O3/c1-2-20-13-15-12(19)10-6-11(18)8-5-7(14)3-4-9(8)17(10)16-13/h3-6H,2H2,1H3,(H,15,16,19). The highest BCUT2D eigenvalue weighted by atomic mass is 19.1. The first-order valence-corrected chi connectivity index (χ1v) is 5.98. The highest BCUT2D eigenvalue weighted by Crippen LogP contribution is 2.13. The predicted octanol–water partition coefficient (Wildman–Crippen LogP) is 1.07. The lowest BCUT2D eigenvalue weighted by Gasteiger charge is -2.07. The number of nitrogens with one attached hydrogen (secondary N) is 1. The molecule has 0 fully saturated rings. The number of hydrogen-bond donors (Lipinski definition) is 1. The maximum Gasteiger partial charge on any atom is 0.314 e. The van der Waals surface area contributed by atoms with Crippen LogP contribution in [0, 0.1) is 5.82 Å². The van der Waals surface area contributed by atoms with Gasteiger partial charge in [-0.05, 0) is 25.1 Å². The van der Waals surface area contributed by atoms with E-state index < -0.39 is 16.8 Å². The molecule has 0 radical (unpaired) electrons. The molecule has 3 aromatic rings. The lowest BCUT2D eigenvalue weighted by molar-refractivity contribution is 0.306. The van der Waals surface area contributed by atoms with E-state index in [1.165, 1.54) is 16.6 Å². The van der Waals surface area contributed by atoms with Gasteiger partial charge in [0.15, 0.2) is 5.43 Å². The molecule has 6 nitrogen and oxygen atoms in total. The van der Waals surface area contributed by atoms with Crippen LogP contribution < -0.4 is 15.7 Å². The van der Waals surface area contributed by atoms with Crippen molar-refractivity contribution in [3.63, 3.8) is 0 Å². The summed E-state index contributed by atoms with van der Waals surface area (Å²) in [6.07, 6.45) is 0. The Morgan fingerprint density at radius 1 is 1.30 bits per heavy atom. The number of ether oxygens (including phenoxy) is 1.